The van der Waals surface area contributed by atoms with Crippen LogP contribution in [0.5, 0.6) is 11.5 Å². The van der Waals surface area contributed by atoms with Gasteiger partial charge in [0.1, 0.15) is 6.61 Å². The molecule has 0 unspecified atom stereocenters. The van der Waals surface area contributed by atoms with Crippen LogP contribution in [0.3, 0.4) is 0 Å². The lowest BCUT2D eigenvalue weighted by Crippen LogP contribution is -2.19. The maximum atomic E-state index is 12.4. The zero-order chi connectivity index (χ0) is 21.6. The van der Waals surface area contributed by atoms with Crippen LogP contribution >= 0.6 is 11.8 Å². The minimum Gasteiger partial charge on any atom is -0.493 e. The summed E-state index contributed by atoms with van der Waals surface area (Å²) < 4.78 is 11.4. The van der Waals surface area contributed by atoms with Crippen LogP contribution in [0.4, 0.5) is 5.69 Å². The van der Waals surface area contributed by atoms with E-state index in [0.717, 1.165) is 22.4 Å². The van der Waals surface area contributed by atoms with Gasteiger partial charge in [-0.2, -0.15) is 0 Å². The second kappa shape index (κ2) is 9.53. The molecule has 0 radical (unpaired) electrons. The van der Waals surface area contributed by atoms with Crippen molar-refractivity contribution in [1.29, 1.82) is 0 Å². The van der Waals surface area contributed by atoms with Crippen LogP contribution in [0.25, 0.3) is 6.08 Å². The van der Waals surface area contributed by atoms with Crippen molar-refractivity contribution in [3.63, 3.8) is 0 Å². The third-order valence-corrected chi connectivity index (χ3v) is 5.55. The normalized spacial score (nSPS) is 15.9. The van der Waals surface area contributed by atoms with Gasteiger partial charge in [-0.05, 0) is 60.2 Å². The molecule has 3 aromatic carbocycles. The highest BCUT2D eigenvalue weighted by Gasteiger charge is 2.24. The number of nitrogens with zero attached hydrogens (tertiary/aromatic N) is 1. The fraction of sp³-hybridized carbons (Fsp3) is 0.120. The molecule has 0 atom stereocenters. The number of hydrogen-bond acceptors (Lipinski definition) is 5. The SMILES string of the molecule is COc1ccc(/C=C2\SC(=Nc3ccc(C)cc3)NC2=O)cc1OCc1ccccc1. The summed E-state index contributed by atoms with van der Waals surface area (Å²) >= 11 is 1.32. The number of carbonyl (C=O) groups is 1. The minimum absolute atomic E-state index is 0.168. The molecule has 1 amide bonds. The highest BCUT2D eigenvalue weighted by molar-refractivity contribution is 8.18. The first kappa shape index (κ1) is 20.8. The molecule has 0 aliphatic carbocycles. The Bertz CT molecular complexity index is 1140. The molecular weight excluding hydrogens is 408 g/mol. The first-order chi connectivity index (χ1) is 15.1. The predicted molar refractivity (Wildman–Crippen MR) is 126 cm³/mol. The maximum absolute atomic E-state index is 12.4. The summed E-state index contributed by atoms with van der Waals surface area (Å²) in [6, 6.07) is 23.4. The largest absolute Gasteiger partial charge is 0.493 e. The van der Waals surface area contributed by atoms with E-state index in [1.807, 2.05) is 85.8 Å². The monoisotopic (exact) mass is 430 g/mol. The lowest BCUT2D eigenvalue weighted by molar-refractivity contribution is -0.115. The lowest BCUT2D eigenvalue weighted by Gasteiger charge is -2.11. The van der Waals surface area contributed by atoms with Gasteiger partial charge in [-0.1, -0.05) is 54.1 Å². The third kappa shape index (κ3) is 5.35. The highest BCUT2D eigenvalue weighted by atomic mass is 32.2. The van der Waals surface area contributed by atoms with Crippen molar-refractivity contribution in [2.45, 2.75) is 13.5 Å². The van der Waals surface area contributed by atoms with Gasteiger partial charge in [-0.25, -0.2) is 4.99 Å². The zero-order valence-electron chi connectivity index (χ0n) is 17.3. The van der Waals surface area contributed by atoms with E-state index in [2.05, 4.69) is 10.3 Å². The molecule has 0 bridgehead atoms. The number of benzene rings is 3. The Hall–Kier alpha value is -3.51. The number of carbonyl (C=O) groups excluding carboxylic acids is 1. The van der Waals surface area contributed by atoms with Crippen molar-refractivity contribution < 1.29 is 14.3 Å². The Balaban J connectivity index is 1.52. The van der Waals surface area contributed by atoms with Crippen molar-refractivity contribution in [3.8, 4) is 11.5 Å². The van der Waals surface area contributed by atoms with E-state index in [1.165, 1.54) is 11.8 Å². The van der Waals surface area contributed by atoms with Crippen molar-refractivity contribution in [1.82, 2.24) is 5.32 Å². The van der Waals surface area contributed by atoms with Crippen molar-refractivity contribution >= 4 is 34.6 Å². The predicted octanol–water partition coefficient (Wildman–Crippen LogP) is 5.47. The molecule has 0 spiro atoms. The molecule has 1 aliphatic rings. The van der Waals surface area contributed by atoms with E-state index >= 15 is 0 Å². The Morgan fingerprint density at radius 3 is 2.52 bits per heavy atom. The molecule has 156 valence electrons. The lowest BCUT2D eigenvalue weighted by atomic mass is 10.2. The van der Waals surface area contributed by atoms with Crippen LogP contribution in [-0.2, 0) is 11.4 Å². The van der Waals surface area contributed by atoms with Crippen LogP contribution < -0.4 is 14.8 Å². The number of thioether (sulfide) groups is 1. The summed E-state index contributed by atoms with van der Waals surface area (Å²) in [5.74, 6) is 1.10. The van der Waals surface area contributed by atoms with Crippen molar-refractivity contribution in [2.24, 2.45) is 4.99 Å². The molecule has 1 aliphatic heterocycles. The molecule has 31 heavy (non-hydrogen) atoms. The Kier molecular flexibility index (Phi) is 6.38. The van der Waals surface area contributed by atoms with Gasteiger partial charge in [-0.3, -0.25) is 4.79 Å². The van der Waals surface area contributed by atoms with Crippen LogP contribution in [0.2, 0.25) is 0 Å². The average Bonchev–Trinajstić information content (AvgIpc) is 3.13. The molecule has 6 heteroatoms. The standard InChI is InChI=1S/C25H22N2O3S/c1-17-8-11-20(12-9-17)26-25-27-24(28)23(31-25)15-19-10-13-21(29-2)22(14-19)30-16-18-6-4-3-5-7-18/h3-15H,16H2,1-2H3,(H,26,27,28)/b23-15-. The Morgan fingerprint density at radius 2 is 1.77 bits per heavy atom. The minimum atomic E-state index is -0.168. The molecule has 1 heterocycles. The maximum Gasteiger partial charge on any atom is 0.264 e. The molecule has 4 rings (SSSR count). The topological polar surface area (TPSA) is 59.9 Å². The van der Waals surface area contributed by atoms with Crippen molar-refractivity contribution in [3.05, 3.63) is 94.4 Å². The summed E-state index contributed by atoms with van der Waals surface area (Å²) in [5.41, 5.74) is 3.88. The van der Waals surface area contributed by atoms with Gasteiger partial charge >= 0.3 is 0 Å². The number of aliphatic imine (C=N–C) groups is 1. The number of methoxy groups -OCH3 is 1. The summed E-state index contributed by atoms with van der Waals surface area (Å²) in [7, 11) is 1.61. The summed E-state index contributed by atoms with van der Waals surface area (Å²) in [6.07, 6.45) is 1.83. The van der Waals surface area contributed by atoms with Gasteiger partial charge in [0.2, 0.25) is 0 Å². The van der Waals surface area contributed by atoms with E-state index < -0.39 is 0 Å². The fourth-order valence-electron chi connectivity index (χ4n) is 3.00. The van der Waals surface area contributed by atoms with E-state index in [9.17, 15) is 4.79 Å². The molecule has 5 nitrogen and oxygen atoms in total. The molecule has 3 aromatic rings. The molecule has 0 aromatic heterocycles. The number of ether oxygens (including phenoxy) is 2. The molecule has 1 saturated heterocycles. The Morgan fingerprint density at radius 1 is 1.00 bits per heavy atom. The van der Waals surface area contributed by atoms with E-state index in [4.69, 9.17) is 9.47 Å². The molecular formula is C25H22N2O3S. The smallest absolute Gasteiger partial charge is 0.264 e. The summed E-state index contributed by atoms with van der Waals surface area (Å²) in [5, 5.41) is 3.38. The van der Waals surface area contributed by atoms with E-state index in [0.29, 0.717) is 28.2 Å². The third-order valence-electron chi connectivity index (χ3n) is 4.64. The number of amides is 1. The van der Waals surface area contributed by atoms with Gasteiger partial charge in [0.05, 0.1) is 17.7 Å². The quantitative estimate of drug-likeness (QED) is 0.527. The van der Waals surface area contributed by atoms with Crippen molar-refractivity contribution in [2.75, 3.05) is 7.11 Å². The fourth-order valence-corrected chi connectivity index (χ4v) is 3.84. The molecule has 1 N–H and O–H groups in total. The van der Waals surface area contributed by atoms with Crippen LogP contribution in [-0.4, -0.2) is 18.2 Å². The van der Waals surface area contributed by atoms with E-state index in [-0.39, 0.29) is 5.91 Å². The number of aryl methyl sites for hydroxylation is 1. The van der Waals surface area contributed by atoms with Crippen LogP contribution in [0, 0.1) is 6.92 Å². The number of nitrogens with one attached hydrogen (secondary N) is 1. The number of rotatable bonds is 6. The molecule has 1 fully saturated rings. The van der Waals surface area contributed by atoms with Gasteiger partial charge in [0, 0.05) is 0 Å². The van der Waals surface area contributed by atoms with Gasteiger partial charge in [-0.15, -0.1) is 0 Å². The second-order valence-electron chi connectivity index (χ2n) is 7.00. The van der Waals surface area contributed by atoms with Gasteiger partial charge < -0.3 is 14.8 Å². The average molecular weight is 431 g/mol. The summed E-state index contributed by atoms with van der Waals surface area (Å²) in [4.78, 5) is 17.5. The van der Waals surface area contributed by atoms with Crippen LogP contribution in [0.1, 0.15) is 16.7 Å². The van der Waals surface area contributed by atoms with Gasteiger partial charge in [0.25, 0.3) is 5.91 Å². The first-order valence-corrected chi connectivity index (χ1v) is 10.6. The number of amidine groups is 1. The number of hydrogen-bond donors (Lipinski definition) is 1. The second-order valence-corrected chi connectivity index (χ2v) is 8.03. The van der Waals surface area contributed by atoms with Gasteiger partial charge in [0.15, 0.2) is 16.7 Å². The van der Waals surface area contributed by atoms with Crippen LogP contribution in [0.15, 0.2) is 82.7 Å². The summed E-state index contributed by atoms with van der Waals surface area (Å²) in [6.45, 7) is 2.45. The highest BCUT2D eigenvalue weighted by Crippen LogP contribution is 2.32. The first-order valence-electron chi connectivity index (χ1n) is 9.82. The Labute approximate surface area is 185 Å². The zero-order valence-corrected chi connectivity index (χ0v) is 18.1. The van der Waals surface area contributed by atoms with E-state index in [1.54, 1.807) is 7.11 Å². The molecule has 0 saturated carbocycles.